The Bertz CT molecular complexity index is 801. The minimum Gasteiger partial charge on any atom is -0.455 e. The summed E-state index contributed by atoms with van der Waals surface area (Å²) in [6.07, 6.45) is 26.1. The van der Waals surface area contributed by atoms with Crippen LogP contribution in [0.3, 0.4) is 0 Å². The number of unbranched alkanes of at least 4 members (excludes halogenated alkanes) is 14. The maximum Gasteiger partial charge on any atom is 0.334 e. The highest BCUT2D eigenvalue weighted by Gasteiger charge is 2.40. The van der Waals surface area contributed by atoms with Gasteiger partial charge in [0.1, 0.15) is 6.10 Å². The summed E-state index contributed by atoms with van der Waals surface area (Å²) >= 11 is 0. The maximum absolute atomic E-state index is 11.7. The Balaban J connectivity index is 1.13. The van der Waals surface area contributed by atoms with Crippen LogP contribution in [0.1, 0.15) is 168 Å². The third-order valence-electron chi connectivity index (χ3n) is 10.0. The second kappa shape index (κ2) is 21.7. The summed E-state index contributed by atoms with van der Waals surface area (Å²) in [7, 11) is 0. The van der Waals surface area contributed by atoms with Gasteiger partial charge in [0, 0.05) is 12.0 Å². The van der Waals surface area contributed by atoms with E-state index in [1.165, 1.54) is 70.6 Å². The Hall–Kier alpha value is -0.990. The SMILES string of the molecule is CCCCCCCCCC[C@@H](O)[C@@H]1CC[C@@H]([C@H]2CC[C@H]([C@H](O)CCCCCCCCCC[C@@H](O)CC3=C[C@H](C)OC3=O)O2)O1. The van der Waals surface area contributed by atoms with Crippen molar-refractivity contribution in [1.29, 1.82) is 0 Å². The molecule has 0 aromatic rings. The lowest BCUT2D eigenvalue weighted by Crippen LogP contribution is -2.33. The van der Waals surface area contributed by atoms with Gasteiger partial charge in [0.2, 0.25) is 0 Å². The Kier molecular flexibility index (Phi) is 18.5. The third-order valence-corrected chi connectivity index (χ3v) is 10.0. The van der Waals surface area contributed by atoms with Gasteiger partial charge in [0.25, 0.3) is 0 Å². The molecule has 0 aromatic carbocycles. The van der Waals surface area contributed by atoms with Gasteiger partial charge in [-0.3, -0.25) is 0 Å². The van der Waals surface area contributed by atoms with Crippen LogP contribution >= 0.6 is 0 Å². The van der Waals surface area contributed by atoms with E-state index in [9.17, 15) is 20.1 Å². The molecule has 0 aliphatic carbocycles. The smallest absolute Gasteiger partial charge is 0.334 e. The van der Waals surface area contributed by atoms with Gasteiger partial charge in [-0.15, -0.1) is 0 Å². The minimum atomic E-state index is -0.463. The van der Waals surface area contributed by atoms with Crippen molar-refractivity contribution in [3.8, 4) is 0 Å². The lowest BCUT2D eigenvalue weighted by molar-refractivity contribution is -0.139. The van der Waals surface area contributed by atoms with Crippen LogP contribution in [0.25, 0.3) is 0 Å². The summed E-state index contributed by atoms with van der Waals surface area (Å²) in [6, 6.07) is 0. The summed E-state index contributed by atoms with van der Waals surface area (Å²) in [5.74, 6) is -0.281. The molecule has 0 unspecified atom stereocenters. The number of esters is 1. The summed E-state index contributed by atoms with van der Waals surface area (Å²) in [5.41, 5.74) is 0.617. The van der Waals surface area contributed by atoms with Gasteiger partial charge in [-0.1, -0.05) is 110 Å². The molecule has 3 aliphatic heterocycles. The molecule has 0 spiro atoms. The molecule has 2 saturated heterocycles. The van der Waals surface area contributed by atoms with Crippen LogP contribution in [0.4, 0.5) is 0 Å². The number of hydrogen-bond acceptors (Lipinski definition) is 7. The van der Waals surface area contributed by atoms with Crippen LogP contribution in [0.2, 0.25) is 0 Å². The van der Waals surface area contributed by atoms with Crippen molar-refractivity contribution in [3.63, 3.8) is 0 Å². The molecular formula is C37H66O7. The zero-order chi connectivity index (χ0) is 31.6. The first-order valence-electron chi connectivity index (χ1n) is 18.6. The number of cyclic esters (lactones) is 1. The number of rotatable bonds is 25. The first kappa shape index (κ1) is 37.5. The number of carbonyl (C=O) groups is 1. The zero-order valence-electron chi connectivity index (χ0n) is 28.1. The van der Waals surface area contributed by atoms with E-state index in [-0.39, 0.29) is 42.6 Å². The Morgan fingerprint density at radius 2 is 1.09 bits per heavy atom. The predicted octanol–water partition coefficient (Wildman–Crippen LogP) is 7.86. The van der Waals surface area contributed by atoms with Crippen LogP contribution in [0.5, 0.6) is 0 Å². The van der Waals surface area contributed by atoms with Crippen molar-refractivity contribution in [3.05, 3.63) is 11.6 Å². The molecule has 7 nitrogen and oxygen atoms in total. The molecule has 0 saturated carbocycles. The van der Waals surface area contributed by atoms with E-state index in [1.54, 1.807) is 0 Å². The van der Waals surface area contributed by atoms with Gasteiger partial charge in [0.15, 0.2) is 0 Å². The molecule has 8 atom stereocenters. The molecule has 3 N–H and O–H groups in total. The first-order valence-corrected chi connectivity index (χ1v) is 18.6. The van der Waals surface area contributed by atoms with Gasteiger partial charge < -0.3 is 29.5 Å². The molecular weight excluding hydrogens is 556 g/mol. The van der Waals surface area contributed by atoms with E-state index >= 15 is 0 Å². The van der Waals surface area contributed by atoms with Crippen LogP contribution in [0, 0.1) is 0 Å². The first-order chi connectivity index (χ1) is 21.4. The van der Waals surface area contributed by atoms with Crippen molar-refractivity contribution in [2.75, 3.05) is 0 Å². The van der Waals surface area contributed by atoms with Crippen molar-refractivity contribution >= 4 is 5.97 Å². The predicted molar refractivity (Wildman–Crippen MR) is 175 cm³/mol. The van der Waals surface area contributed by atoms with E-state index < -0.39 is 12.2 Å². The quantitative estimate of drug-likeness (QED) is 0.0703. The fourth-order valence-corrected chi connectivity index (χ4v) is 7.28. The van der Waals surface area contributed by atoms with Crippen LogP contribution in [-0.4, -0.2) is 70.1 Å². The number of hydrogen-bond donors (Lipinski definition) is 3. The lowest BCUT2D eigenvalue weighted by atomic mass is 10.00. The molecule has 2 fully saturated rings. The van der Waals surface area contributed by atoms with Crippen molar-refractivity contribution in [1.82, 2.24) is 0 Å². The van der Waals surface area contributed by atoms with Gasteiger partial charge in [-0.05, 0) is 57.9 Å². The summed E-state index contributed by atoms with van der Waals surface area (Å²) in [6.45, 7) is 4.09. The van der Waals surface area contributed by atoms with Crippen molar-refractivity contribution < 1.29 is 34.3 Å². The summed E-state index contributed by atoms with van der Waals surface area (Å²) in [5, 5.41) is 31.6. The standard InChI is InChI=1S/C37H66O7/c1-3-4-5-6-7-11-14-17-20-31(39)33-22-24-35(43-33)36-25-23-34(44-36)32(40)21-18-15-12-9-8-10-13-16-19-30(38)27-29-26-28(2)42-37(29)41/h26,28,30-36,38-40H,3-25,27H2,1-2H3/t28-,30+,31+,32+,33-,34+,35-,36+/m0/s1. The van der Waals surface area contributed by atoms with E-state index in [2.05, 4.69) is 6.92 Å². The molecule has 0 radical (unpaired) electrons. The van der Waals surface area contributed by atoms with Gasteiger partial charge in [-0.25, -0.2) is 4.79 Å². The summed E-state index contributed by atoms with van der Waals surface area (Å²) < 4.78 is 17.7. The molecule has 3 heterocycles. The highest BCUT2D eigenvalue weighted by molar-refractivity contribution is 5.90. The molecule has 3 aliphatic rings. The normalized spacial score (nSPS) is 27.4. The monoisotopic (exact) mass is 622 g/mol. The largest absolute Gasteiger partial charge is 0.455 e. The molecule has 3 rings (SSSR count). The number of carbonyl (C=O) groups excluding carboxylic acids is 1. The highest BCUT2D eigenvalue weighted by atomic mass is 16.6. The molecule has 0 amide bonds. The fraction of sp³-hybridized carbons (Fsp3) is 0.919. The molecule has 0 aromatic heterocycles. The van der Waals surface area contributed by atoms with Crippen molar-refractivity contribution in [2.45, 2.75) is 217 Å². The average Bonchev–Trinajstić information content (AvgIpc) is 3.75. The Labute approximate surface area is 268 Å². The second-order valence-electron chi connectivity index (χ2n) is 14.0. The topological polar surface area (TPSA) is 105 Å². The number of ether oxygens (including phenoxy) is 3. The zero-order valence-corrected chi connectivity index (χ0v) is 28.1. The number of aliphatic hydroxyl groups is 3. The van der Waals surface area contributed by atoms with Crippen LogP contribution in [-0.2, 0) is 19.0 Å². The highest BCUT2D eigenvalue weighted by Crippen LogP contribution is 2.34. The molecule has 0 bridgehead atoms. The Morgan fingerprint density at radius 1 is 0.659 bits per heavy atom. The maximum atomic E-state index is 11.7. The van der Waals surface area contributed by atoms with Gasteiger partial charge >= 0.3 is 5.97 Å². The lowest BCUT2D eigenvalue weighted by Gasteiger charge is -2.24. The van der Waals surface area contributed by atoms with E-state index in [0.29, 0.717) is 12.0 Å². The van der Waals surface area contributed by atoms with E-state index in [4.69, 9.17) is 14.2 Å². The van der Waals surface area contributed by atoms with Crippen LogP contribution in [0.15, 0.2) is 11.6 Å². The fourth-order valence-electron chi connectivity index (χ4n) is 7.28. The van der Waals surface area contributed by atoms with Crippen molar-refractivity contribution in [2.24, 2.45) is 0 Å². The van der Waals surface area contributed by atoms with Gasteiger partial charge in [0.05, 0.1) is 42.7 Å². The van der Waals surface area contributed by atoms with Crippen LogP contribution < -0.4 is 0 Å². The average molecular weight is 623 g/mol. The van der Waals surface area contributed by atoms with E-state index in [1.807, 2.05) is 13.0 Å². The number of aliphatic hydroxyl groups excluding tert-OH is 3. The van der Waals surface area contributed by atoms with Gasteiger partial charge in [-0.2, -0.15) is 0 Å². The third kappa shape index (κ3) is 14.2. The molecule has 256 valence electrons. The van der Waals surface area contributed by atoms with E-state index in [0.717, 1.165) is 77.0 Å². The second-order valence-corrected chi connectivity index (χ2v) is 14.0. The Morgan fingerprint density at radius 3 is 1.52 bits per heavy atom. The molecule has 44 heavy (non-hydrogen) atoms. The minimum absolute atomic E-state index is 0.0519. The summed E-state index contributed by atoms with van der Waals surface area (Å²) in [4.78, 5) is 11.7. The molecule has 7 heteroatoms.